The first-order chi connectivity index (χ1) is 14.7. The van der Waals surface area contributed by atoms with Crippen molar-refractivity contribution >= 4 is 17.9 Å². The summed E-state index contributed by atoms with van der Waals surface area (Å²) in [4.78, 5) is 3.95. The lowest BCUT2D eigenvalue weighted by molar-refractivity contribution is -0.923. The quantitative estimate of drug-likeness (QED) is 0.591. The normalized spacial score (nSPS) is 14.7. The molecule has 1 fully saturated rings. The lowest BCUT2D eigenvalue weighted by Gasteiger charge is -2.34. The summed E-state index contributed by atoms with van der Waals surface area (Å²) in [6, 6.07) is 16.3. The van der Waals surface area contributed by atoms with Crippen LogP contribution in [-0.4, -0.2) is 49.0 Å². The maximum atomic E-state index is 5.81. The Kier molecular flexibility index (Phi) is 6.40. The van der Waals surface area contributed by atoms with Crippen LogP contribution in [0, 0.1) is 4.77 Å². The van der Waals surface area contributed by atoms with Gasteiger partial charge >= 0.3 is 0 Å². The molecular weight excluding hydrogens is 396 g/mol. The van der Waals surface area contributed by atoms with Crippen molar-refractivity contribution in [1.29, 1.82) is 0 Å². The number of hydrogen-bond acceptors (Lipinski definition) is 4. The minimum Gasteiger partial charge on any atom is -0.497 e. The van der Waals surface area contributed by atoms with Crippen LogP contribution in [-0.2, 0) is 6.67 Å². The zero-order valence-electron chi connectivity index (χ0n) is 17.6. The number of aromatic nitrogens is 2. The fourth-order valence-electron chi connectivity index (χ4n) is 3.95. The summed E-state index contributed by atoms with van der Waals surface area (Å²) >= 11 is 5.75. The molecule has 2 aromatic carbocycles. The zero-order chi connectivity index (χ0) is 20.9. The standard InChI is InChI=1S/C23H28N4O2S/c1-3-29-22-10-5-4-9-21(22)25-13-11-24(12-14-25)18-26-15-16-27(23(26)30)19-7-6-8-20(17-19)28-2/h4-10,15-17H,3,11-14,18H2,1-2H3/p+1. The van der Waals surface area contributed by atoms with Gasteiger partial charge < -0.3 is 19.3 Å². The number of piperazine rings is 1. The van der Waals surface area contributed by atoms with E-state index >= 15 is 0 Å². The largest absolute Gasteiger partial charge is 0.497 e. The number of quaternary nitrogens is 1. The first-order valence-electron chi connectivity index (χ1n) is 10.4. The minimum atomic E-state index is 0.685. The van der Waals surface area contributed by atoms with Crippen LogP contribution >= 0.6 is 12.2 Å². The van der Waals surface area contributed by atoms with Crippen molar-refractivity contribution in [2.24, 2.45) is 0 Å². The van der Waals surface area contributed by atoms with Crippen LogP contribution in [0.25, 0.3) is 5.69 Å². The Labute approximate surface area is 182 Å². The highest BCUT2D eigenvalue weighted by Crippen LogP contribution is 2.27. The number of benzene rings is 2. The highest BCUT2D eigenvalue weighted by atomic mass is 32.1. The summed E-state index contributed by atoms with van der Waals surface area (Å²) in [6.45, 7) is 7.72. The van der Waals surface area contributed by atoms with Crippen LogP contribution in [0.15, 0.2) is 60.9 Å². The maximum absolute atomic E-state index is 5.81. The van der Waals surface area contributed by atoms with Gasteiger partial charge in [-0.1, -0.05) is 18.2 Å². The van der Waals surface area contributed by atoms with Gasteiger partial charge in [0.05, 0.1) is 51.3 Å². The van der Waals surface area contributed by atoms with Gasteiger partial charge in [0.1, 0.15) is 11.5 Å². The van der Waals surface area contributed by atoms with Crippen LogP contribution in [0.4, 0.5) is 5.69 Å². The molecule has 1 aliphatic heterocycles. The Balaban J connectivity index is 1.41. The molecule has 4 rings (SSSR count). The van der Waals surface area contributed by atoms with Gasteiger partial charge in [0, 0.05) is 18.5 Å². The highest BCUT2D eigenvalue weighted by molar-refractivity contribution is 7.71. The number of methoxy groups -OCH3 is 1. The average Bonchev–Trinajstić information content (AvgIpc) is 3.15. The molecule has 158 valence electrons. The predicted octanol–water partition coefficient (Wildman–Crippen LogP) is 2.78. The summed E-state index contributed by atoms with van der Waals surface area (Å²) in [5.41, 5.74) is 2.21. The van der Waals surface area contributed by atoms with Crippen molar-refractivity contribution in [3.05, 3.63) is 65.7 Å². The third-order valence-corrected chi connectivity index (χ3v) is 5.98. The molecule has 6 nitrogen and oxygen atoms in total. The number of anilines is 1. The third kappa shape index (κ3) is 4.37. The molecule has 0 aliphatic carbocycles. The summed E-state index contributed by atoms with van der Waals surface area (Å²) in [6.07, 6.45) is 4.11. The lowest BCUT2D eigenvalue weighted by atomic mass is 10.2. The smallest absolute Gasteiger partial charge is 0.188 e. The molecule has 1 aliphatic rings. The van der Waals surface area contributed by atoms with Crippen molar-refractivity contribution in [2.75, 3.05) is 44.8 Å². The second-order valence-corrected chi connectivity index (χ2v) is 7.78. The Morgan fingerprint density at radius 3 is 2.60 bits per heavy atom. The number of nitrogens with zero attached hydrogens (tertiary/aromatic N) is 3. The molecular formula is C23H29N4O2S+. The first kappa shape index (κ1) is 20.5. The molecule has 1 saturated heterocycles. The van der Waals surface area contributed by atoms with Gasteiger partial charge in [0.2, 0.25) is 0 Å². The molecule has 0 amide bonds. The van der Waals surface area contributed by atoms with E-state index in [1.54, 1.807) is 7.11 Å². The molecule has 0 atom stereocenters. The summed E-state index contributed by atoms with van der Waals surface area (Å²) in [5.74, 6) is 1.80. The molecule has 1 N–H and O–H groups in total. The number of ether oxygens (including phenoxy) is 2. The van der Waals surface area contributed by atoms with Gasteiger partial charge in [0.25, 0.3) is 0 Å². The van der Waals surface area contributed by atoms with E-state index in [4.69, 9.17) is 21.7 Å². The molecule has 3 aromatic rings. The second-order valence-electron chi connectivity index (χ2n) is 7.42. The molecule has 0 bridgehead atoms. The molecule has 2 heterocycles. The monoisotopic (exact) mass is 425 g/mol. The first-order valence-corrected chi connectivity index (χ1v) is 10.8. The molecule has 0 spiro atoms. The maximum Gasteiger partial charge on any atom is 0.188 e. The fourth-order valence-corrected chi connectivity index (χ4v) is 4.24. The van der Waals surface area contributed by atoms with E-state index in [-0.39, 0.29) is 0 Å². The zero-order valence-corrected chi connectivity index (χ0v) is 18.4. The Morgan fingerprint density at radius 2 is 1.83 bits per heavy atom. The summed E-state index contributed by atoms with van der Waals surface area (Å²) in [5, 5.41) is 0. The molecule has 0 radical (unpaired) electrons. The number of hydrogen-bond donors (Lipinski definition) is 1. The highest BCUT2D eigenvalue weighted by Gasteiger charge is 2.22. The van der Waals surface area contributed by atoms with Gasteiger partial charge in [0.15, 0.2) is 11.4 Å². The van der Waals surface area contributed by atoms with Crippen LogP contribution in [0.3, 0.4) is 0 Å². The SMILES string of the molecule is CCOc1ccccc1N1CC[NH+](Cn2ccn(-c3cccc(OC)c3)c2=S)CC1. The van der Waals surface area contributed by atoms with Crippen molar-refractivity contribution in [3.63, 3.8) is 0 Å². The third-order valence-electron chi connectivity index (χ3n) is 5.55. The van der Waals surface area contributed by atoms with E-state index in [2.05, 4.69) is 33.9 Å². The average molecular weight is 426 g/mol. The van der Waals surface area contributed by atoms with Crippen molar-refractivity contribution in [2.45, 2.75) is 13.6 Å². The predicted molar refractivity (Wildman–Crippen MR) is 122 cm³/mol. The van der Waals surface area contributed by atoms with Crippen LogP contribution in [0.1, 0.15) is 6.92 Å². The Morgan fingerprint density at radius 1 is 1.03 bits per heavy atom. The lowest BCUT2D eigenvalue weighted by Crippen LogP contribution is -3.14. The van der Waals surface area contributed by atoms with E-state index in [1.165, 1.54) is 10.6 Å². The fraction of sp³-hybridized carbons (Fsp3) is 0.348. The van der Waals surface area contributed by atoms with Crippen LogP contribution < -0.4 is 19.3 Å². The van der Waals surface area contributed by atoms with E-state index < -0.39 is 0 Å². The van der Waals surface area contributed by atoms with Crippen molar-refractivity contribution in [3.8, 4) is 17.2 Å². The van der Waals surface area contributed by atoms with Crippen LogP contribution in [0.5, 0.6) is 11.5 Å². The summed E-state index contributed by atoms with van der Waals surface area (Å²) in [7, 11) is 1.68. The summed E-state index contributed by atoms with van der Waals surface area (Å²) < 4.78 is 16.2. The number of para-hydroxylation sites is 2. The van der Waals surface area contributed by atoms with Crippen molar-refractivity contribution < 1.29 is 14.4 Å². The van der Waals surface area contributed by atoms with Gasteiger partial charge in [-0.25, -0.2) is 0 Å². The Hall–Kier alpha value is -2.77. The van der Waals surface area contributed by atoms with Crippen molar-refractivity contribution in [1.82, 2.24) is 9.13 Å². The number of imidazole rings is 1. The second kappa shape index (κ2) is 9.36. The van der Waals surface area contributed by atoms with Gasteiger partial charge in [-0.05, 0) is 43.4 Å². The van der Waals surface area contributed by atoms with E-state index in [9.17, 15) is 0 Å². The van der Waals surface area contributed by atoms with Gasteiger partial charge in [-0.2, -0.15) is 0 Å². The minimum absolute atomic E-state index is 0.685. The van der Waals surface area contributed by atoms with E-state index in [1.807, 2.05) is 48.0 Å². The molecule has 7 heteroatoms. The number of nitrogens with one attached hydrogen (secondary N) is 1. The van der Waals surface area contributed by atoms with Crippen LogP contribution in [0.2, 0.25) is 0 Å². The van der Waals surface area contributed by atoms with E-state index in [0.29, 0.717) is 6.61 Å². The number of rotatable bonds is 7. The Bertz CT molecular complexity index is 1040. The molecule has 0 unspecified atom stereocenters. The molecule has 1 aromatic heterocycles. The van der Waals surface area contributed by atoms with E-state index in [0.717, 1.165) is 54.8 Å². The molecule has 0 saturated carbocycles. The topological polar surface area (TPSA) is 36.0 Å². The van der Waals surface area contributed by atoms with Gasteiger partial charge in [-0.15, -0.1) is 0 Å². The molecule has 30 heavy (non-hydrogen) atoms. The van der Waals surface area contributed by atoms with Gasteiger partial charge in [-0.3, -0.25) is 9.13 Å².